The Bertz CT molecular complexity index is 3270. The SMILES string of the molecule is CC(=O)N/C(=C(\O)[C@@H](CCO)O[C@@H]1OC(C(O)O)[C@H](C)C(O)C1O)[C@@H](O)OC1C(O)[C@H](O)C(CO)O[C@@H]1OCC1O[C@@H](O[C@@H]2C(CO)O[C@@H](O[C@@H]3C(CO)O[C@@H](NC(=O)CBr)C(NC(C)=O)C3O)C(NC(C)=O)C2O)C(O)C(O[C@H]2OC(CO)[C@@H](O)C(O)C2O[C@H](O)/C(NC(C)=O)=C(/O)[C@@H](CCO)O[C@H](O)/C(O)=C(/O)[C@@H](CO)CCO)[C@@H]1O. The van der Waals surface area contributed by atoms with Gasteiger partial charge >= 0.3 is 0 Å². The highest BCUT2D eigenvalue weighted by Crippen LogP contribution is 2.39. The molecule has 6 aliphatic heterocycles. The molecule has 6 heterocycles. The lowest BCUT2D eigenvalue weighted by Gasteiger charge is -2.50. The summed E-state index contributed by atoms with van der Waals surface area (Å²) in [5.41, 5.74) is -2.33. The van der Waals surface area contributed by atoms with Crippen molar-refractivity contribution in [1.82, 2.24) is 26.6 Å². The van der Waals surface area contributed by atoms with Crippen molar-refractivity contribution in [2.45, 2.75) is 269 Å². The molecule has 6 saturated heterocycles. The first-order chi connectivity index (χ1) is 55.6. The number of halogens is 1. The van der Waals surface area contributed by atoms with Crippen LogP contribution in [0.4, 0.5) is 0 Å². The van der Waals surface area contributed by atoms with Crippen LogP contribution < -0.4 is 26.6 Å². The third kappa shape index (κ3) is 25.5. The van der Waals surface area contributed by atoms with Gasteiger partial charge in [0.15, 0.2) is 49.7 Å². The quantitative estimate of drug-likeness (QED) is 0.0154. The van der Waals surface area contributed by atoms with Gasteiger partial charge in [-0.2, -0.15) is 0 Å². The van der Waals surface area contributed by atoms with E-state index in [1.54, 1.807) is 0 Å². The van der Waals surface area contributed by atoms with Crippen LogP contribution in [-0.4, -0.2) is 448 Å². The fourth-order valence-corrected chi connectivity index (χ4v) is 13.6. The summed E-state index contributed by atoms with van der Waals surface area (Å²) in [6.45, 7) is -4.64. The fraction of sp³-hybridized carbons (Fsp3) is 0.833. The topological polar surface area (TPSA) is 821 Å². The Morgan fingerprint density at radius 2 is 0.864 bits per heavy atom. The lowest BCUT2D eigenvalue weighted by molar-refractivity contribution is -0.389. The van der Waals surface area contributed by atoms with Crippen molar-refractivity contribution in [2.24, 2.45) is 11.8 Å². The van der Waals surface area contributed by atoms with Crippen LogP contribution in [0, 0.1) is 11.8 Å². The predicted molar refractivity (Wildman–Crippen MR) is 378 cm³/mol. The van der Waals surface area contributed by atoms with Gasteiger partial charge in [-0.1, -0.05) is 22.9 Å². The normalized spacial score (nSPS) is 37.6. The molecule has 6 fully saturated rings. The summed E-state index contributed by atoms with van der Waals surface area (Å²) in [5.74, 6) is -12.6. The Balaban J connectivity index is 1.45. The van der Waals surface area contributed by atoms with E-state index in [4.69, 9.17) is 66.3 Å². The smallest absolute Gasteiger partial charge is 0.232 e. The molecule has 51 nitrogen and oxygen atoms in total. The summed E-state index contributed by atoms with van der Waals surface area (Å²) in [6, 6.07) is -3.56. The number of hydrogen-bond acceptors (Lipinski definition) is 46. The third-order valence-corrected chi connectivity index (χ3v) is 20.1. The molecule has 0 spiro atoms. The van der Waals surface area contributed by atoms with E-state index >= 15 is 0 Å². The standard InChI is InChI=1S/C66H110BrN5O46/c1-19-37(86)49(98)63(115-51(19)58(100)101)108-26(8-11-75)40(89)35(70-22(4)83)59(102)113-55-46(95)41(90)27(14-77)109-65(55)105-18-31-43(92)54(118-66-56(47(96)42(91)28(15-78)110-66)114-60(103)34(69-21(3)82)39(88)25(7-10-74)107-61(104)48(97)38(87)24(13-76)6-9-73)50(99)64(112-31)117-53-30(17-80)111-62(36(45(53)94)71-23(5)84)116-52-29(16-79)106-57(72-32(85)12-67)33(44(52)93)68-20(2)81/h19,24-31,33,36-37,41-47,49-66,73-80,86-104H,6-18H2,1-5H3,(H,68,81)(H,69,82)(H,70,83)(H,71,84)(H,72,85)/b39-34-,40-35-,48-38-/t19-,24-,25-,26-,27?,28?,29?,30?,31?,33?,36?,37?,41-,42-,43-,44?,45?,46?,47?,49?,50?,51?,52-,53-,54?,55?,56?,57-,59+,60+,61+,62+,63-,64+,65+,66-/m1/s1. The first kappa shape index (κ1) is 102. The summed E-state index contributed by atoms with van der Waals surface area (Å²) in [4.78, 5) is 63.7. The molecule has 0 aromatic heterocycles. The van der Waals surface area contributed by atoms with Gasteiger partial charge in [-0.05, 0) is 6.42 Å². The second kappa shape index (κ2) is 47.0. The summed E-state index contributed by atoms with van der Waals surface area (Å²) < 4.78 is 81.8. The zero-order chi connectivity index (χ0) is 88.3. The first-order valence-electron chi connectivity index (χ1n) is 36.8. The van der Waals surface area contributed by atoms with Crippen LogP contribution in [0.15, 0.2) is 34.4 Å². The lowest BCUT2D eigenvalue weighted by atomic mass is 9.90. The Kier molecular flexibility index (Phi) is 40.5. The van der Waals surface area contributed by atoms with Crippen LogP contribution in [0.25, 0.3) is 0 Å². The Hall–Kier alpha value is -5.23. The fourth-order valence-electron chi connectivity index (χ4n) is 13.4. The van der Waals surface area contributed by atoms with Crippen molar-refractivity contribution in [2.75, 3.05) is 64.8 Å². The highest BCUT2D eigenvalue weighted by Gasteiger charge is 2.59. The number of aliphatic hydroxyl groups excluding tert-OH is 26. The largest absolute Gasteiger partial charge is 0.508 e. The minimum atomic E-state index is -2.91. The lowest BCUT2D eigenvalue weighted by Crippen LogP contribution is -2.71. The van der Waals surface area contributed by atoms with Crippen molar-refractivity contribution in [1.29, 1.82) is 0 Å². The number of aliphatic hydroxyl groups is 27. The number of amides is 5. The predicted octanol–water partition coefficient (Wildman–Crippen LogP) is -15.1. The van der Waals surface area contributed by atoms with Crippen molar-refractivity contribution in [3.8, 4) is 0 Å². The van der Waals surface area contributed by atoms with Gasteiger partial charge in [-0.25, -0.2) is 0 Å². The maximum Gasteiger partial charge on any atom is 0.232 e. The molecule has 6 rings (SSSR count). The van der Waals surface area contributed by atoms with Crippen LogP contribution >= 0.6 is 15.9 Å². The molecule has 5 amide bonds. The van der Waals surface area contributed by atoms with Gasteiger partial charge in [0.05, 0.1) is 51.1 Å². The molecule has 52 heteroatoms. The van der Waals surface area contributed by atoms with Crippen LogP contribution in [0.1, 0.15) is 53.9 Å². The first-order valence-corrected chi connectivity index (χ1v) is 37.9. The molecular weight excluding hydrogens is 1680 g/mol. The number of rotatable bonds is 41. The van der Waals surface area contributed by atoms with Gasteiger partial charge < -0.3 is 231 Å². The molecule has 0 aromatic carbocycles. The Morgan fingerprint density at radius 1 is 0.407 bits per heavy atom. The molecule has 0 saturated carbocycles. The number of hydrogen-bond donors (Lipinski definition) is 32. The van der Waals surface area contributed by atoms with E-state index in [1.165, 1.54) is 6.92 Å². The van der Waals surface area contributed by atoms with Gasteiger partial charge in [0.25, 0.3) is 0 Å². The molecule has 0 bridgehead atoms. The molecule has 0 radical (unpaired) electrons. The third-order valence-electron chi connectivity index (χ3n) is 19.6. The second-order valence-electron chi connectivity index (χ2n) is 28.1. The van der Waals surface area contributed by atoms with E-state index in [0.717, 1.165) is 27.7 Å². The number of ether oxygens (including phenoxy) is 14. The van der Waals surface area contributed by atoms with E-state index in [1.807, 2.05) is 10.6 Å². The maximum atomic E-state index is 13.1. The summed E-state index contributed by atoms with van der Waals surface area (Å²) in [7, 11) is 0. The number of alkyl halides is 1. The monoisotopic (exact) mass is 1790 g/mol. The molecule has 18 unspecified atom stereocenters. The van der Waals surface area contributed by atoms with E-state index in [-0.39, 0.29) is 11.8 Å². The summed E-state index contributed by atoms with van der Waals surface area (Å²) in [5, 5.41) is 309. The van der Waals surface area contributed by atoms with Crippen molar-refractivity contribution in [3.05, 3.63) is 34.4 Å². The molecule has 118 heavy (non-hydrogen) atoms. The Labute approximate surface area is 678 Å². The summed E-state index contributed by atoms with van der Waals surface area (Å²) in [6.07, 6.45) is -75.9. The molecule has 32 N–H and O–H groups in total. The van der Waals surface area contributed by atoms with Crippen molar-refractivity contribution < 1.29 is 228 Å². The minimum Gasteiger partial charge on any atom is -0.508 e. The number of carbonyl (C=O) groups excluding carboxylic acids is 5. The van der Waals surface area contributed by atoms with Crippen molar-refractivity contribution >= 4 is 45.5 Å². The molecule has 36 atom stereocenters. The zero-order valence-electron chi connectivity index (χ0n) is 63.8. The Morgan fingerprint density at radius 3 is 1.36 bits per heavy atom. The van der Waals surface area contributed by atoms with Crippen LogP contribution in [0.2, 0.25) is 0 Å². The van der Waals surface area contributed by atoms with Gasteiger partial charge in [-0.3, -0.25) is 24.0 Å². The van der Waals surface area contributed by atoms with Gasteiger partial charge in [0.1, 0.15) is 175 Å². The highest BCUT2D eigenvalue weighted by atomic mass is 79.9. The van der Waals surface area contributed by atoms with E-state index in [0.29, 0.717) is 0 Å². The van der Waals surface area contributed by atoms with Crippen molar-refractivity contribution in [3.63, 3.8) is 0 Å². The molecule has 0 aliphatic carbocycles. The second-order valence-corrected chi connectivity index (χ2v) is 28.6. The van der Waals surface area contributed by atoms with Gasteiger partial charge in [0.2, 0.25) is 48.4 Å². The average Bonchev–Trinajstić information content (AvgIpc) is 0.770. The molecule has 0 aromatic rings. The van der Waals surface area contributed by atoms with Crippen LogP contribution in [0.3, 0.4) is 0 Å². The van der Waals surface area contributed by atoms with Gasteiger partial charge in [0, 0.05) is 72.2 Å². The van der Waals surface area contributed by atoms with E-state index in [2.05, 4.69) is 31.9 Å². The molecular formula is C66H110BrN5O46. The number of nitrogens with one attached hydrogen (secondary N) is 5. The zero-order valence-corrected chi connectivity index (χ0v) is 65.3. The molecule has 6 aliphatic rings. The van der Waals surface area contributed by atoms with Gasteiger partial charge in [-0.15, -0.1) is 0 Å². The van der Waals surface area contributed by atoms with Crippen LogP contribution in [0.5, 0.6) is 0 Å². The van der Waals surface area contributed by atoms with E-state index < -0.39 is 363 Å². The average molecular weight is 1790 g/mol. The summed E-state index contributed by atoms with van der Waals surface area (Å²) >= 11 is 2.96. The maximum absolute atomic E-state index is 13.1. The van der Waals surface area contributed by atoms with E-state index in [9.17, 15) is 162 Å². The number of carbonyl (C=O) groups is 5. The highest BCUT2D eigenvalue weighted by molar-refractivity contribution is 9.09. The molecule has 682 valence electrons. The minimum absolute atomic E-state index is 0.314. The van der Waals surface area contributed by atoms with Crippen LogP contribution in [-0.2, 0) is 90.3 Å².